The lowest BCUT2D eigenvalue weighted by Crippen LogP contribution is -2.47. The number of fused-ring (bicyclic) bond motifs is 1. The number of para-hydroxylation sites is 1. The third-order valence-electron chi connectivity index (χ3n) is 5.34. The maximum atomic E-state index is 12.6. The second-order valence-corrected chi connectivity index (χ2v) is 7.74. The number of aromatic nitrogens is 1. The average Bonchev–Trinajstić information content (AvgIpc) is 2.77. The molecule has 1 saturated heterocycles. The fraction of sp³-hybridized carbons (Fsp3) is 0.304. The Labute approximate surface area is 176 Å². The van der Waals surface area contributed by atoms with E-state index in [9.17, 15) is 4.79 Å². The van der Waals surface area contributed by atoms with E-state index in [4.69, 9.17) is 11.6 Å². The van der Waals surface area contributed by atoms with Crippen LogP contribution < -0.4 is 10.2 Å². The first-order valence-electron chi connectivity index (χ1n) is 10.1. The van der Waals surface area contributed by atoms with E-state index in [1.807, 2.05) is 18.2 Å². The van der Waals surface area contributed by atoms with Crippen LogP contribution in [0.25, 0.3) is 10.9 Å². The molecule has 29 heavy (non-hydrogen) atoms. The number of anilines is 1. The van der Waals surface area contributed by atoms with Crippen molar-refractivity contribution in [2.75, 3.05) is 44.2 Å². The number of carbonyl (C=O) groups is 1. The lowest BCUT2D eigenvalue weighted by Gasteiger charge is -2.36. The molecular formula is C23H25ClN4O. The number of piperazine rings is 1. The van der Waals surface area contributed by atoms with Crippen molar-refractivity contribution in [1.82, 2.24) is 15.2 Å². The van der Waals surface area contributed by atoms with Crippen LogP contribution in [0.2, 0.25) is 5.02 Å². The third-order valence-corrected chi connectivity index (χ3v) is 5.56. The largest absolute Gasteiger partial charge is 0.369 e. The molecule has 0 bridgehead atoms. The van der Waals surface area contributed by atoms with Crippen LogP contribution in [-0.2, 0) is 0 Å². The second-order valence-electron chi connectivity index (χ2n) is 7.30. The predicted molar refractivity (Wildman–Crippen MR) is 119 cm³/mol. The highest BCUT2D eigenvalue weighted by Gasteiger charge is 2.17. The van der Waals surface area contributed by atoms with Gasteiger partial charge in [-0.25, -0.2) is 0 Å². The monoisotopic (exact) mass is 408 g/mol. The Balaban J connectivity index is 1.24. The summed E-state index contributed by atoms with van der Waals surface area (Å²) in [6.45, 7) is 5.79. The van der Waals surface area contributed by atoms with Gasteiger partial charge in [-0.15, -0.1) is 0 Å². The number of benzene rings is 2. The highest BCUT2D eigenvalue weighted by molar-refractivity contribution is 6.32. The Morgan fingerprint density at radius 1 is 1.03 bits per heavy atom. The van der Waals surface area contributed by atoms with Crippen molar-refractivity contribution >= 4 is 34.1 Å². The fourth-order valence-electron chi connectivity index (χ4n) is 3.80. The van der Waals surface area contributed by atoms with Gasteiger partial charge in [0.05, 0.1) is 11.1 Å². The van der Waals surface area contributed by atoms with Crippen molar-refractivity contribution in [1.29, 1.82) is 0 Å². The summed E-state index contributed by atoms with van der Waals surface area (Å²) in [7, 11) is 0. The highest BCUT2D eigenvalue weighted by Crippen LogP contribution is 2.22. The zero-order chi connectivity index (χ0) is 20.1. The van der Waals surface area contributed by atoms with Crippen molar-refractivity contribution in [3.63, 3.8) is 0 Å². The van der Waals surface area contributed by atoms with Crippen LogP contribution in [-0.4, -0.2) is 55.1 Å². The minimum absolute atomic E-state index is 0.120. The van der Waals surface area contributed by atoms with E-state index in [0.717, 1.165) is 44.5 Å². The molecule has 0 unspecified atom stereocenters. The molecule has 0 atom stereocenters. The lowest BCUT2D eigenvalue weighted by molar-refractivity contribution is 0.0953. The minimum atomic E-state index is -0.120. The van der Waals surface area contributed by atoms with Crippen molar-refractivity contribution in [3.05, 3.63) is 71.4 Å². The van der Waals surface area contributed by atoms with E-state index in [2.05, 4.69) is 50.4 Å². The molecule has 150 valence electrons. The van der Waals surface area contributed by atoms with Crippen molar-refractivity contribution in [2.24, 2.45) is 0 Å². The zero-order valence-corrected chi connectivity index (χ0v) is 17.1. The molecule has 1 aromatic heterocycles. The number of hydrogen-bond donors (Lipinski definition) is 1. The molecule has 0 aliphatic carbocycles. The lowest BCUT2D eigenvalue weighted by atomic mass is 10.1. The summed E-state index contributed by atoms with van der Waals surface area (Å²) < 4.78 is 0. The van der Waals surface area contributed by atoms with Gasteiger partial charge in [0, 0.05) is 55.0 Å². The fourth-order valence-corrected chi connectivity index (χ4v) is 4.02. The number of rotatable bonds is 6. The number of nitrogens with one attached hydrogen (secondary N) is 1. The molecule has 1 aliphatic rings. The average molecular weight is 409 g/mol. The molecule has 5 nitrogen and oxygen atoms in total. The summed E-state index contributed by atoms with van der Waals surface area (Å²) in [5, 5.41) is 4.44. The molecular weight excluding hydrogens is 384 g/mol. The molecule has 1 amide bonds. The molecule has 4 rings (SSSR count). The summed E-state index contributed by atoms with van der Waals surface area (Å²) in [5.74, 6) is -0.120. The van der Waals surface area contributed by atoms with E-state index in [0.29, 0.717) is 22.6 Å². The molecule has 6 heteroatoms. The van der Waals surface area contributed by atoms with Gasteiger partial charge in [0.25, 0.3) is 5.91 Å². The van der Waals surface area contributed by atoms with E-state index < -0.39 is 0 Å². The van der Waals surface area contributed by atoms with E-state index in [1.165, 1.54) is 5.69 Å². The molecule has 1 aliphatic heterocycles. The Bertz CT molecular complexity index is 971. The first kappa shape index (κ1) is 19.7. The number of amides is 1. The number of halogens is 1. The van der Waals surface area contributed by atoms with Gasteiger partial charge in [0.1, 0.15) is 0 Å². The maximum Gasteiger partial charge on any atom is 0.253 e. The number of pyridine rings is 1. The summed E-state index contributed by atoms with van der Waals surface area (Å²) in [6.07, 6.45) is 2.62. The van der Waals surface area contributed by atoms with Gasteiger partial charge in [-0.1, -0.05) is 35.9 Å². The topological polar surface area (TPSA) is 48.5 Å². The van der Waals surface area contributed by atoms with Gasteiger partial charge in [0.2, 0.25) is 0 Å². The van der Waals surface area contributed by atoms with Crippen LogP contribution in [0.1, 0.15) is 16.8 Å². The summed E-state index contributed by atoms with van der Waals surface area (Å²) in [5.41, 5.74) is 2.51. The quantitative estimate of drug-likeness (QED) is 0.630. The minimum Gasteiger partial charge on any atom is -0.369 e. The van der Waals surface area contributed by atoms with Crippen molar-refractivity contribution < 1.29 is 4.79 Å². The van der Waals surface area contributed by atoms with Crippen LogP contribution in [0.4, 0.5) is 5.69 Å². The summed E-state index contributed by atoms with van der Waals surface area (Å²) in [4.78, 5) is 21.9. The third kappa shape index (κ3) is 4.86. The van der Waals surface area contributed by atoms with Gasteiger partial charge in [0.15, 0.2) is 0 Å². The van der Waals surface area contributed by atoms with Crippen LogP contribution in [0, 0.1) is 0 Å². The summed E-state index contributed by atoms with van der Waals surface area (Å²) in [6, 6.07) is 17.8. The molecule has 0 saturated carbocycles. The van der Waals surface area contributed by atoms with E-state index >= 15 is 0 Å². The predicted octanol–water partition coefficient (Wildman–Crippen LogP) is 3.83. The summed E-state index contributed by atoms with van der Waals surface area (Å²) >= 11 is 6.17. The van der Waals surface area contributed by atoms with Gasteiger partial charge in [-0.2, -0.15) is 0 Å². The molecule has 2 aromatic carbocycles. The second kappa shape index (κ2) is 9.25. The van der Waals surface area contributed by atoms with Gasteiger partial charge in [-0.3, -0.25) is 14.7 Å². The Morgan fingerprint density at radius 3 is 2.62 bits per heavy atom. The highest BCUT2D eigenvalue weighted by atomic mass is 35.5. The number of hydrogen-bond acceptors (Lipinski definition) is 4. The molecule has 2 heterocycles. The smallest absolute Gasteiger partial charge is 0.253 e. The Hall–Kier alpha value is -2.63. The van der Waals surface area contributed by atoms with Crippen molar-refractivity contribution in [2.45, 2.75) is 6.42 Å². The zero-order valence-electron chi connectivity index (χ0n) is 16.4. The molecule has 3 aromatic rings. The normalized spacial score (nSPS) is 14.9. The van der Waals surface area contributed by atoms with E-state index in [-0.39, 0.29) is 5.91 Å². The van der Waals surface area contributed by atoms with Crippen molar-refractivity contribution in [3.8, 4) is 0 Å². The molecule has 0 radical (unpaired) electrons. The standard InChI is InChI=1S/C23H25ClN4O/c24-19-16-18-6-4-9-25-22(18)21(17-19)23(29)26-10-5-11-27-12-14-28(15-13-27)20-7-2-1-3-8-20/h1-4,6-9,16-17H,5,10-15H2,(H,26,29). The SMILES string of the molecule is O=C(NCCCN1CCN(c2ccccc2)CC1)c1cc(Cl)cc2cccnc12. The molecule has 0 spiro atoms. The van der Waals surface area contributed by atoms with Gasteiger partial charge in [-0.05, 0) is 43.3 Å². The van der Waals surface area contributed by atoms with Crippen LogP contribution >= 0.6 is 11.6 Å². The molecule has 1 N–H and O–H groups in total. The van der Waals surface area contributed by atoms with Crippen LogP contribution in [0.15, 0.2) is 60.8 Å². The Kier molecular flexibility index (Phi) is 6.27. The van der Waals surface area contributed by atoms with E-state index in [1.54, 1.807) is 12.3 Å². The first-order valence-corrected chi connectivity index (χ1v) is 10.4. The van der Waals surface area contributed by atoms with Crippen LogP contribution in [0.3, 0.4) is 0 Å². The first-order chi connectivity index (χ1) is 14.2. The van der Waals surface area contributed by atoms with Gasteiger partial charge < -0.3 is 10.2 Å². The number of carbonyl (C=O) groups excluding carboxylic acids is 1. The number of nitrogens with zero attached hydrogens (tertiary/aromatic N) is 3. The Morgan fingerprint density at radius 2 is 1.83 bits per heavy atom. The maximum absolute atomic E-state index is 12.6. The molecule has 1 fully saturated rings. The van der Waals surface area contributed by atoms with Crippen LogP contribution in [0.5, 0.6) is 0 Å². The van der Waals surface area contributed by atoms with Gasteiger partial charge >= 0.3 is 0 Å².